The molecule has 1 aliphatic carbocycles. The van der Waals surface area contributed by atoms with Gasteiger partial charge >= 0.3 is 0 Å². The molecule has 106 valence electrons. The van der Waals surface area contributed by atoms with Crippen LogP contribution in [-0.2, 0) is 5.41 Å². The van der Waals surface area contributed by atoms with Crippen LogP contribution in [0.25, 0.3) is 0 Å². The Bertz CT molecular complexity index is 466. The van der Waals surface area contributed by atoms with Crippen LogP contribution in [0.2, 0.25) is 5.02 Å². The smallest absolute Gasteiger partial charge is 0.146 e. The second-order valence-electron chi connectivity index (χ2n) is 5.68. The van der Waals surface area contributed by atoms with Crippen LogP contribution in [0.4, 0.5) is 4.39 Å². The molecule has 0 spiro atoms. The van der Waals surface area contributed by atoms with E-state index in [1.54, 1.807) is 0 Å². The Morgan fingerprint density at radius 2 is 2.26 bits per heavy atom. The molecule has 4 heteroatoms. The molecule has 0 heterocycles. The summed E-state index contributed by atoms with van der Waals surface area (Å²) in [6.45, 7) is 5.34. The lowest BCUT2D eigenvalue weighted by atomic mass is 9.80. The van der Waals surface area contributed by atoms with Crippen LogP contribution in [0.5, 0.6) is 0 Å². The molecule has 0 bridgehead atoms. The lowest BCUT2D eigenvalue weighted by molar-refractivity contribution is 0.432. The maximum atomic E-state index is 14.4. The minimum Gasteiger partial charge on any atom is -0.314 e. The van der Waals surface area contributed by atoms with Gasteiger partial charge in [-0.25, -0.2) is 4.39 Å². The molecule has 1 aromatic rings. The van der Waals surface area contributed by atoms with Gasteiger partial charge in [0.25, 0.3) is 0 Å². The van der Waals surface area contributed by atoms with Crippen LogP contribution in [-0.4, -0.2) is 12.6 Å². The van der Waals surface area contributed by atoms with Crippen molar-refractivity contribution in [3.8, 4) is 0 Å². The minimum atomic E-state index is -0.269. The van der Waals surface area contributed by atoms with Crippen molar-refractivity contribution in [3.05, 3.63) is 33.0 Å². The second-order valence-corrected chi connectivity index (χ2v) is 6.91. The first-order valence-corrected chi connectivity index (χ1v) is 8.02. The van der Waals surface area contributed by atoms with Crippen molar-refractivity contribution >= 4 is 27.5 Å². The summed E-state index contributed by atoms with van der Waals surface area (Å²) in [5, 5.41) is 3.73. The summed E-state index contributed by atoms with van der Waals surface area (Å²) in [7, 11) is 0. The first kappa shape index (κ1) is 15.3. The second kappa shape index (κ2) is 6.11. The Morgan fingerprint density at radius 1 is 1.53 bits per heavy atom. The largest absolute Gasteiger partial charge is 0.314 e. The quantitative estimate of drug-likeness (QED) is 0.751. The molecule has 2 unspecified atom stereocenters. The Kier molecular flexibility index (Phi) is 4.91. The molecule has 0 aromatic heterocycles. The standard InChI is InChI=1S/C15H20BrClFN/c1-3-8-19-10-6-7-15(2,9-10)11-4-5-12(16)13(17)14(11)18/h4-5,10,19H,3,6-9H2,1-2H3. The molecule has 0 aliphatic heterocycles. The van der Waals surface area contributed by atoms with Crippen molar-refractivity contribution in [3.63, 3.8) is 0 Å². The number of hydrogen-bond donors (Lipinski definition) is 1. The van der Waals surface area contributed by atoms with Crippen molar-refractivity contribution in [2.24, 2.45) is 0 Å². The summed E-state index contributed by atoms with van der Waals surface area (Å²) >= 11 is 9.27. The van der Waals surface area contributed by atoms with Gasteiger partial charge in [-0.2, -0.15) is 0 Å². The fraction of sp³-hybridized carbons (Fsp3) is 0.600. The summed E-state index contributed by atoms with van der Waals surface area (Å²) in [5.41, 5.74) is 0.640. The summed E-state index contributed by atoms with van der Waals surface area (Å²) < 4.78 is 15.0. The molecule has 1 N–H and O–H groups in total. The highest BCUT2D eigenvalue weighted by Crippen LogP contribution is 2.44. The summed E-state index contributed by atoms with van der Waals surface area (Å²) in [6.07, 6.45) is 4.21. The first-order chi connectivity index (χ1) is 8.98. The first-order valence-electron chi connectivity index (χ1n) is 6.85. The zero-order valence-electron chi connectivity index (χ0n) is 11.4. The molecule has 0 radical (unpaired) electrons. The highest BCUT2D eigenvalue weighted by molar-refractivity contribution is 9.10. The normalized spacial score (nSPS) is 26.9. The van der Waals surface area contributed by atoms with E-state index in [4.69, 9.17) is 11.6 Å². The molecule has 0 saturated heterocycles. The number of nitrogens with one attached hydrogen (secondary N) is 1. The maximum absolute atomic E-state index is 14.4. The maximum Gasteiger partial charge on any atom is 0.146 e. The zero-order chi connectivity index (χ0) is 14.0. The highest BCUT2D eigenvalue weighted by Gasteiger charge is 2.38. The topological polar surface area (TPSA) is 12.0 Å². The third kappa shape index (κ3) is 3.14. The van der Waals surface area contributed by atoms with Gasteiger partial charge in [-0.1, -0.05) is 31.5 Å². The van der Waals surface area contributed by atoms with Crippen LogP contribution < -0.4 is 5.32 Å². The molecular formula is C15H20BrClFN. The molecule has 1 fully saturated rings. The van der Waals surface area contributed by atoms with E-state index in [1.807, 2.05) is 12.1 Å². The van der Waals surface area contributed by atoms with Gasteiger partial charge in [0.1, 0.15) is 5.82 Å². The van der Waals surface area contributed by atoms with E-state index >= 15 is 0 Å². The number of halogens is 3. The van der Waals surface area contributed by atoms with Crippen molar-refractivity contribution < 1.29 is 4.39 Å². The van der Waals surface area contributed by atoms with E-state index in [0.29, 0.717) is 10.5 Å². The van der Waals surface area contributed by atoms with Crippen molar-refractivity contribution in [2.45, 2.75) is 51.0 Å². The average Bonchev–Trinajstić information content (AvgIpc) is 2.76. The van der Waals surface area contributed by atoms with Gasteiger partial charge in [-0.05, 0) is 65.2 Å². The highest BCUT2D eigenvalue weighted by atomic mass is 79.9. The van der Waals surface area contributed by atoms with Crippen LogP contribution in [0, 0.1) is 5.82 Å². The number of rotatable bonds is 4. The molecular weight excluding hydrogens is 329 g/mol. The van der Waals surface area contributed by atoms with E-state index < -0.39 is 0 Å². The van der Waals surface area contributed by atoms with Crippen LogP contribution in [0.15, 0.2) is 16.6 Å². The number of hydrogen-bond acceptors (Lipinski definition) is 1. The van der Waals surface area contributed by atoms with Gasteiger partial charge in [0, 0.05) is 10.5 Å². The van der Waals surface area contributed by atoms with Crippen LogP contribution in [0.1, 0.15) is 45.1 Å². The van der Waals surface area contributed by atoms with Crippen LogP contribution >= 0.6 is 27.5 Å². The van der Waals surface area contributed by atoms with E-state index in [-0.39, 0.29) is 16.3 Å². The van der Waals surface area contributed by atoms with Gasteiger partial charge < -0.3 is 5.32 Å². The molecule has 19 heavy (non-hydrogen) atoms. The molecule has 1 aromatic carbocycles. The third-order valence-electron chi connectivity index (χ3n) is 4.11. The fourth-order valence-corrected chi connectivity index (χ4v) is 3.47. The number of benzene rings is 1. The van der Waals surface area contributed by atoms with Crippen molar-refractivity contribution in [2.75, 3.05) is 6.54 Å². The van der Waals surface area contributed by atoms with Crippen molar-refractivity contribution in [1.82, 2.24) is 5.32 Å². The molecule has 1 nitrogen and oxygen atoms in total. The monoisotopic (exact) mass is 347 g/mol. The van der Waals surface area contributed by atoms with Gasteiger partial charge in [-0.15, -0.1) is 0 Å². The third-order valence-corrected chi connectivity index (χ3v) is 5.37. The van der Waals surface area contributed by atoms with Gasteiger partial charge in [0.15, 0.2) is 0 Å². The van der Waals surface area contributed by atoms with Gasteiger partial charge in [-0.3, -0.25) is 0 Å². The average molecular weight is 349 g/mol. The molecule has 2 atom stereocenters. The Labute approximate surface area is 128 Å². The lowest BCUT2D eigenvalue weighted by Crippen LogP contribution is -2.30. The predicted octanol–water partition coefficient (Wildman–Crippen LogP) is 5.05. The predicted molar refractivity (Wildman–Crippen MR) is 82.4 cm³/mol. The van der Waals surface area contributed by atoms with E-state index in [9.17, 15) is 4.39 Å². The van der Waals surface area contributed by atoms with Crippen molar-refractivity contribution in [1.29, 1.82) is 0 Å². The van der Waals surface area contributed by atoms with E-state index in [1.165, 1.54) is 0 Å². The molecule has 2 rings (SSSR count). The molecule has 1 saturated carbocycles. The Hall–Kier alpha value is -0.120. The van der Waals surface area contributed by atoms with E-state index in [2.05, 4.69) is 35.1 Å². The zero-order valence-corrected chi connectivity index (χ0v) is 13.7. The minimum absolute atomic E-state index is 0.111. The Morgan fingerprint density at radius 3 is 2.95 bits per heavy atom. The summed E-state index contributed by atoms with van der Waals surface area (Å²) in [6, 6.07) is 4.21. The van der Waals surface area contributed by atoms with Crippen LogP contribution in [0.3, 0.4) is 0 Å². The van der Waals surface area contributed by atoms with Gasteiger partial charge in [0.2, 0.25) is 0 Å². The molecule has 1 aliphatic rings. The lowest BCUT2D eigenvalue weighted by Gasteiger charge is -2.26. The summed E-state index contributed by atoms with van der Waals surface area (Å²) in [4.78, 5) is 0. The van der Waals surface area contributed by atoms with E-state index in [0.717, 1.165) is 37.8 Å². The summed E-state index contributed by atoms with van der Waals surface area (Å²) in [5.74, 6) is -0.269. The molecule has 0 amide bonds. The Balaban J connectivity index is 2.20. The fourth-order valence-electron chi connectivity index (χ4n) is 3.00. The SMILES string of the molecule is CCCNC1CCC(C)(c2ccc(Br)c(Cl)c2F)C1. The van der Waals surface area contributed by atoms with Gasteiger partial charge in [0.05, 0.1) is 5.02 Å².